The van der Waals surface area contributed by atoms with E-state index in [0.717, 1.165) is 0 Å². The lowest BCUT2D eigenvalue weighted by molar-refractivity contribution is 0.319. The van der Waals surface area contributed by atoms with Gasteiger partial charge < -0.3 is 23.1 Å². The van der Waals surface area contributed by atoms with Crippen LogP contribution in [-0.2, 0) is 0 Å². The molecule has 126 valence electrons. The third kappa shape index (κ3) is 4.84. The molecule has 0 amide bonds. The molecule has 5 nitrogen and oxygen atoms in total. The summed E-state index contributed by atoms with van der Waals surface area (Å²) in [7, 11) is 1.15. The van der Waals surface area contributed by atoms with Crippen molar-refractivity contribution < 1.29 is 23.1 Å². The second-order valence-electron chi connectivity index (χ2n) is 6.90. The van der Waals surface area contributed by atoms with Gasteiger partial charge in [0.25, 0.3) is 0 Å². The zero-order valence-electron chi connectivity index (χ0n) is 15.1. The molecule has 0 heterocycles. The summed E-state index contributed by atoms with van der Waals surface area (Å²) in [6, 6.07) is 1.81. The van der Waals surface area contributed by atoms with Crippen LogP contribution < -0.4 is 23.1 Å². The highest BCUT2D eigenvalue weighted by atomic mass is 28.4. The van der Waals surface area contributed by atoms with Crippen LogP contribution in [0.15, 0.2) is 6.07 Å². The Kier molecular flexibility index (Phi) is 5.80. The summed E-state index contributed by atoms with van der Waals surface area (Å²) in [4.78, 5) is 0. The zero-order chi connectivity index (χ0) is 17.1. The summed E-state index contributed by atoms with van der Waals surface area (Å²) >= 11 is 0. The highest BCUT2D eigenvalue weighted by Gasteiger charge is 2.29. The topological polar surface area (TPSA) is 46.2 Å². The Labute approximate surface area is 135 Å². The molecule has 22 heavy (non-hydrogen) atoms. The number of benzene rings is 1. The quantitative estimate of drug-likeness (QED) is 0.696. The van der Waals surface area contributed by atoms with Gasteiger partial charge in [0, 0.05) is 6.07 Å². The predicted molar refractivity (Wildman–Crippen MR) is 94.0 cm³/mol. The van der Waals surface area contributed by atoms with E-state index in [1.54, 1.807) is 21.3 Å². The van der Waals surface area contributed by atoms with Crippen LogP contribution in [0.5, 0.6) is 28.7 Å². The largest absolute Gasteiger partial charge is 0.542 e. The van der Waals surface area contributed by atoms with E-state index in [2.05, 4.69) is 39.3 Å². The number of methoxy groups -OCH3 is 3. The molecule has 1 rings (SSSR count). The highest BCUT2D eigenvalue weighted by molar-refractivity contribution is 6.71. The van der Waals surface area contributed by atoms with Crippen molar-refractivity contribution in [1.82, 2.24) is 0 Å². The standard InChI is InChI=1S/C15H28O5Si2/c1-16-11-10-12(19-21(4,5)6)13(17-2)15(18-3)14(11)20-22(7,8)9/h10H,1-9H3. The van der Waals surface area contributed by atoms with E-state index in [4.69, 9.17) is 23.1 Å². The van der Waals surface area contributed by atoms with E-state index in [-0.39, 0.29) is 0 Å². The van der Waals surface area contributed by atoms with Gasteiger partial charge in [0.15, 0.2) is 17.2 Å². The molecule has 0 aliphatic heterocycles. The van der Waals surface area contributed by atoms with Crippen LogP contribution in [0.1, 0.15) is 0 Å². The first-order valence-electron chi connectivity index (χ1n) is 7.23. The molecule has 1 aromatic carbocycles. The fourth-order valence-electron chi connectivity index (χ4n) is 1.92. The van der Waals surface area contributed by atoms with Gasteiger partial charge in [-0.3, -0.25) is 0 Å². The van der Waals surface area contributed by atoms with E-state index in [1.807, 2.05) is 6.07 Å². The van der Waals surface area contributed by atoms with Gasteiger partial charge in [0.05, 0.1) is 21.3 Å². The number of hydrogen-bond donors (Lipinski definition) is 0. The van der Waals surface area contributed by atoms with E-state index >= 15 is 0 Å². The molecule has 0 radical (unpaired) electrons. The van der Waals surface area contributed by atoms with Gasteiger partial charge in [-0.1, -0.05) is 0 Å². The SMILES string of the molecule is COc1cc(O[Si](C)(C)C)c(OC)c(OC)c1O[Si](C)(C)C. The first kappa shape index (κ1) is 18.7. The maximum Gasteiger partial charge on any atom is 0.242 e. The Morgan fingerprint density at radius 2 is 1.09 bits per heavy atom. The van der Waals surface area contributed by atoms with Gasteiger partial charge >= 0.3 is 0 Å². The summed E-state index contributed by atoms with van der Waals surface area (Å²) in [6.07, 6.45) is 0. The second-order valence-corrected chi connectivity index (χ2v) is 15.8. The van der Waals surface area contributed by atoms with E-state index < -0.39 is 16.6 Å². The number of hydrogen-bond acceptors (Lipinski definition) is 5. The smallest absolute Gasteiger partial charge is 0.242 e. The average Bonchev–Trinajstić information content (AvgIpc) is 2.35. The van der Waals surface area contributed by atoms with Crippen molar-refractivity contribution in [3.05, 3.63) is 6.07 Å². The van der Waals surface area contributed by atoms with Crippen molar-refractivity contribution >= 4 is 16.6 Å². The van der Waals surface area contributed by atoms with Crippen LogP contribution in [0.3, 0.4) is 0 Å². The van der Waals surface area contributed by atoms with Crippen molar-refractivity contribution in [3.63, 3.8) is 0 Å². The molecule has 0 fully saturated rings. The molecule has 0 aliphatic carbocycles. The molecule has 0 bridgehead atoms. The van der Waals surface area contributed by atoms with Gasteiger partial charge in [-0.05, 0) is 39.3 Å². The van der Waals surface area contributed by atoms with Crippen molar-refractivity contribution in [2.24, 2.45) is 0 Å². The average molecular weight is 345 g/mol. The summed E-state index contributed by atoms with van der Waals surface area (Å²) in [5.41, 5.74) is 0. The molecule has 0 saturated carbocycles. The monoisotopic (exact) mass is 344 g/mol. The normalized spacial score (nSPS) is 11.9. The molecule has 0 N–H and O–H groups in total. The van der Waals surface area contributed by atoms with Crippen molar-refractivity contribution in [3.8, 4) is 28.7 Å². The molecule has 1 aromatic rings. The van der Waals surface area contributed by atoms with Crippen LogP contribution in [0.4, 0.5) is 0 Å². The Morgan fingerprint density at radius 1 is 0.591 bits per heavy atom. The first-order chi connectivity index (χ1) is 10.0. The second kappa shape index (κ2) is 6.83. The Balaban J connectivity index is 3.52. The summed E-state index contributed by atoms with van der Waals surface area (Å²) in [5.74, 6) is 2.84. The lowest BCUT2D eigenvalue weighted by atomic mass is 10.2. The minimum atomic E-state index is -1.84. The molecule has 0 aromatic heterocycles. The predicted octanol–water partition coefficient (Wildman–Crippen LogP) is 4.14. The molecule has 0 spiro atoms. The Morgan fingerprint density at radius 3 is 1.45 bits per heavy atom. The third-order valence-corrected chi connectivity index (χ3v) is 4.22. The van der Waals surface area contributed by atoms with Crippen LogP contribution >= 0.6 is 0 Å². The minimum Gasteiger partial charge on any atom is -0.542 e. The summed E-state index contributed by atoms with van der Waals surface area (Å²) < 4.78 is 28.8. The molecule has 7 heteroatoms. The van der Waals surface area contributed by atoms with E-state index in [0.29, 0.717) is 28.7 Å². The van der Waals surface area contributed by atoms with Crippen molar-refractivity contribution in [1.29, 1.82) is 0 Å². The van der Waals surface area contributed by atoms with Gasteiger partial charge in [-0.15, -0.1) is 0 Å². The van der Waals surface area contributed by atoms with Gasteiger partial charge in [0.2, 0.25) is 28.1 Å². The summed E-state index contributed by atoms with van der Waals surface area (Å²) in [6.45, 7) is 12.6. The van der Waals surface area contributed by atoms with Gasteiger partial charge in [-0.2, -0.15) is 0 Å². The van der Waals surface area contributed by atoms with Gasteiger partial charge in [-0.25, -0.2) is 0 Å². The fourth-order valence-corrected chi connectivity index (χ4v) is 3.53. The van der Waals surface area contributed by atoms with Crippen molar-refractivity contribution in [2.45, 2.75) is 39.3 Å². The lowest BCUT2D eigenvalue weighted by Crippen LogP contribution is -2.31. The van der Waals surface area contributed by atoms with Crippen LogP contribution in [0, 0.1) is 0 Å². The molecule has 0 aliphatic rings. The summed E-state index contributed by atoms with van der Waals surface area (Å²) in [5, 5.41) is 0. The van der Waals surface area contributed by atoms with Crippen LogP contribution in [0.25, 0.3) is 0 Å². The Hall–Kier alpha value is -1.35. The first-order valence-corrected chi connectivity index (χ1v) is 14.0. The molecular formula is C15H28O5Si2. The van der Waals surface area contributed by atoms with E-state index in [1.165, 1.54) is 0 Å². The maximum absolute atomic E-state index is 6.14. The van der Waals surface area contributed by atoms with E-state index in [9.17, 15) is 0 Å². The fraction of sp³-hybridized carbons (Fsp3) is 0.600. The Bertz CT molecular complexity index is 518. The molecule has 0 saturated heterocycles. The molecule has 0 unspecified atom stereocenters. The van der Waals surface area contributed by atoms with Crippen LogP contribution in [-0.4, -0.2) is 38.0 Å². The number of rotatable bonds is 7. The minimum absolute atomic E-state index is 0.512. The number of ether oxygens (including phenoxy) is 3. The zero-order valence-corrected chi connectivity index (χ0v) is 17.1. The maximum atomic E-state index is 6.14. The lowest BCUT2D eigenvalue weighted by Gasteiger charge is -2.27. The third-order valence-electron chi connectivity index (χ3n) is 2.57. The van der Waals surface area contributed by atoms with Gasteiger partial charge in [0.1, 0.15) is 0 Å². The van der Waals surface area contributed by atoms with Crippen LogP contribution in [0.2, 0.25) is 39.3 Å². The molecule has 0 atom stereocenters. The highest BCUT2D eigenvalue weighted by Crippen LogP contribution is 2.51. The van der Waals surface area contributed by atoms with Crippen molar-refractivity contribution in [2.75, 3.05) is 21.3 Å². The molecular weight excluding hydrogens is 316 g/mol.